The minimum atomic E-state index is -0.293. The van der Waals surface area contributed by atoms with Crippen molar-refractivity contribution in [3.63, 3.8) is 0 Å². The third-order valence-electron chi connectivity index (χ3n) is 3.13. The van der Waals surface area contributed by atoms with Crippen LogP contribution in [-0.4, -0.2) is 23.3 Å². The second-order valence-corrected chi connectivity index (χ2v) is 5.40. The summed E-state index contributed by atoms with van der Waals surface area (Å²) < 4.78 is 5.49. The lowest BCUT2D eigenvalue weighted by Gasteiger charge is -2.10. The Bertz CT molecular complexity index is 724. The van der Waals surface area contributed by atoms with Crippen molar-refractivity contribution in [3.05, 3.63) is 59.2 Å². The number of aryl methyl sites for hydroxylation is 1. The monoisotopic (exact) mass is 312 g/mol. The zero-order valence-electron chi connectivity index (χ0n) is 13.4. The van der Waals surface area contributed by atoms with Gasteiger partial charge in [0.25, 0.3) is 5.91 Å². The van der Waals surface area contributed by atoms with Crippen molar-refractivity contribution >= 4 is 12.1 Å². The van der Waals surface area contributed by atoms with Gasteiger partial charge in [-0.3, -0.25) is 4.79 Å². The zero-order valence-corrected chi connectivity index (χ0v) is 13.4. The topological polar surface area (TPSA) is 70.9 Å². The lowest BCUT2D eigenvalue weighted by molar-refractivity contribution is 0.0954. The summed E-state index contributed by atoms with van der Waals surface area (Å²) in [6, 6.07) is 12.2. The van der Waals surface area contributed by atoms with Crippen LogP contribution in [0.3, 0.4) is 0 Å². The van der Waals surface area contributed by atoms with Crippen LogP contribution < -0.4 is 10.2 Å². The fourth-order valence-electron chi connectivity index (χ4n) is 2.03. The number of ether oxygens (including phenoxy) is 1. The first kappa shape index (κ1) is 16.5. The van der Waals surface area contributed by atoms with Gasteiger partial charge in [0.2, 0.25) is 0 Å². The van der Waals surface area contributed by atoms with E-state index in [9.17, 15) is 9.90 Å². The van der Waals surface area contributed by atoms with E-state index in [4.69, 9.17) is 4.74 Å². The van der Waals surface area contributed by atoms with E-state index in [0.29, 0.717) is 16.9 Å². The number of rotatable bonds is 5. The molecule has 0 fully saturated rings. The van der Waals surface area contributed by atoms with Gasteiger partial charge < -0.3 is 9.84 Å². The Kier molecular flexibility index (Phi) is 5.36. The molecule has 23 heavy (non-hydrogen) atoms. The molecule has 0 radical (unpaired) electrons. The number of carbonyl (C=O) groups excluding carboxylic acids is 1. The minimum Gasteiger partial charge on any atom is -0.507 e. The number of nitrogens with zero attached hydrogens (tertiary/aromatic N) is 1. The van der Waals surface area contributed by atoms with Gasteiger partial charge in [0, 0.05) is 17.2 Å². The minimum absolute atomic E-state index is 0.0299. The van der Waals surface area contributed by atoms with Crippen LogP contribution in [0.15, 0.2) is 47.6 Å². The van der Waals surface area contributed by atoms with Crippen LogP contribution in [0, 0.1) is 6.92 Å². The number of carbonyl (C=O) groups is 1. The molecule has 0 aliphatic carbocycles. The molecule has 0 aromatic heterocycles. The first-order valence-corrected chi connectivity index (χ1v) is 7.36. The highest BCUT2D eigenvalue weighted by atomic mass is 16.5. The Morgan fingerprint density at radius 3 is 2.65 bits per heavy atom. The lowest BCUT2D eigenvalue weighted by Crippen LogP contribution is -2.18. The van der Waals surface area contributed by atoms with Gasteiger partial charge in [-0.25, -0.2) is 5.43 Å². The quantitative estimate of drug-likeness (QED) is 0.657. The Morgan fingerprint density at radius 2 is 2.00 bits per heavy atom. The molecule has 0 saturated carbocycles. The maximum absolute atomic E-state index is 12.0. The number of hydrogen-bond donors (Lipinski definition) is 2. The molecule has 0 heterocycles. The SMILES string of the molecule is Cc1ccccc1C(=O)N/N=C\c1ccc(OC(C)C)cc1O. The third kappa shape index (κ3) is 4.57. The highest BCUT2D eigenvalue weighted by molar-refractivity contribution is 5.96. The molecule has 0 bridgehead atoms. The van der Waals surface area contributed by atoms with Crippen molar-refractivity contribution in [1.29, 1.82) is 0 Å². The number of phenolic OH excluding ortho intramolecular Hbond substituents is 1. The van der Waals surface area contributed by atoms with Crippen LogP contribution in [0.1, 0.15) is 35.3 Å². The molecule has 0 spiro atoms. The largest absolute Gasteiger partial charge is 0.507 e. The van der Waals surface area contributed by atoms with E-state index < -0.39 is 0 Å². The molecule has 2 N–H and O–H groups in total. The van der Waals surface area contributed by atoms with Crippen molar-refractivity contribution < 1.29 is 14.6 Å². The number of nitrogens with one attached hydrogen (secondary N) is 1. The van der Waals surface area contributed by atoms with E-state index in [2.05, 4.69) is 10.5 Å². The summed E-state index contributed by atoms with van der Waals surface area (Å²) in [6.45, 7) is 5.68. The van der Waals surface area contributed by atoms with Crippen LogP contribution >= 0.6 is 0 Å². The van der Waals surface area contributed by atoms with Crippen LogP contribution in [-0.2, 0) is 0 Å². The normalized spacial score (nSPS) is 11.0. The van der Waals surface area contributed by atoms with Gasteiger partial charge in [-0.2, -0.15) is 5.10 Å². The van der Waals surface area contributed by atoms with Gasteiger partial charge in [0.1, 0.15) is 11.5 Å². The van der Waals surface area contributed by atoms with Crippen LogP contribution in [0.2, 0.25) is 0 Å². The first-order chi connectivity index (χ1) is 11.0. The van der Waals surface area contributed by atoms with E-state index in [1.165, 1.54) is 12.3 Å². The molecule has 0 unspecified atom stereocenters. The molecule has 1 amide bonds. The van der Waals surface area contributed by atoms with Gasteiger partial charge in [0.15, 0.2) is 0 Å². The standard InChI is InChI=1S/C18H20N2O3/c1-12(2)23-15-9-8-14(17(21)10-15)11-19-20-18(22)16-7-5-4-6-13(16)3/h4-12,21H,1-3H3,(H,20,22)/b19-11-. The molecule has 5 heteroatoms. The predicted octanol–water partition coefficient (Wildman–Crippen LogP) is 3.25. The van der Waals surface area contributed by atoms with Gasteiger partial charge in [-0.05, 0) is 44.5 Å². The van der Waals surface area contributed by atoms with Gasteiger partial charge in [0.05, 0.1) is 12.3 Å². The number of amides is 1. The van der Waals surface area contributed by atoms with E-state index >= 15 is 0 Å². The molecule has 0 aliphatic heterocycles. The maximum atomic E-state index is 12.0. The van der Waals surface area contributed by atoms with Crippen molar-refractivity contribution in [2.24, 2.45) is 5.10 Å². The first-order valence-electron chi connectivity index (χ1n) is 7.36. The van der Waals surface area contributed by atoms with E-state index in [0.717, 1.165) is 5.56 Å². The molecule has 0 atom stereocenters. The summed E-state index contributed by atoms with van der Waals surface area (Å²) in [5, 5.41) is 13.8. The second-order valence-electron chi connectivity index (χ2n) is 5.40. The summed E-state index contributed by atoms with van der Waals surface area (Å²) >= 11 is 0. The fraction of sp³-hybridized carbons (Fsp3) is 0.222. The number of hydrazone groups is 1. The summed E-state index contributed by atoms with van der Waals surface area (Å²) in [5.74, 6) is 0.328. The molecular formula is C18H20N2O3. The van der Waals surface area contributed by atoms with Gasteiger partial charge >= 0.3 is 0 Å². The summed E-state index contributed by atoms with van der Waals surface area (Å²) in [4.78, 5) is 12.0. The van der Waals surface area contributed by atoms with Gasteiger partial charge in [-0.1, -0.05) is 18.2 Å². The molecule has 2 rings (SSSR count). The number of aromatic hydroxyl groups is 1. The maximum Gasteiger partial charge on any atom is 0.271 e. The number of hydrogen-bond acceptors (Lipinski definition) is 4. The van der Waals surface area contributed by atoms with E-state index in [1.807, 2.05) is 32.9 Å². The Morgan fingerprint density at radius 1 is 1.26 bits per heavy atom. The smallest absolute Gasteiger partial charge is 0.271 e. The van der Waals surface area contributed by atoms with Gasteiger partial charge in [-0.15, -0.1) is 0 Å². The third-order valence-corrected chi connectivity index (χ3v) is 3.13. The summed E-state index contributed by atoms with van der Waals surface area (Å²) in [6.07, 6.45) is 1.42. The number of benzene rings is 2. The lowest BCUT2D eigenvalue weighted by atomic mass is 10.1. The predicted molar refractivity (Wildman–Crippen MR) is 90.1 cm³/mol. The number of phenols is 1. The second kappa shape index (κ2) is 7.45. The van der Waals surface area contributed by atoms with Crippen molar-refractivity contribution in [2.75, 3.05) is 0 Å². The highest BCUT2D eigenvalue weighted by Crippen LogP contribution is 2.23. The Balaban J connectivity index is 2.03. The average molecular weight is 312 g/mol. The Labute approximate surface area is 135 Å². The van der Waals surface area contributed by atoms with E-state index in [-0.39, 0.29) is 17.8 Å². The molecule has 2 aromatic rings. The highest BCUT2D eigenvalue weighted by Gasteiger charge is 2.07. The van der Waals surface area contributed by atoms with Crippen LogP contribution in [0.25, 0.3) is 0 Å². The fourth-order valence-corrected chi connectivity index (χ4v) is 2.03. The average Bonchev–Trinajstić information content (AvgIpc) is 2.49. The van der Waals surface area contributed by atoms with Crippen molar-refractivity contribution in [1.82, 2.24) is 5.43 Å². The summed E-state index contributed by atoms with van der Waals surface area (Å²) in [5.41, 5.74) is 4.38. The molecule has 0 aliphatic rings. The molecule has 0 saturated heterocycles. The zero-order chi connectivity index (χ0) is 16.8. The van der Waals surface area contributed by atoms with Crippen LogP contribution in [0.4, 0.5) is 0 Å². The summed E-state index contributed by atoms with van der Waals surface area (Å²) in [7, 11) is 0. The molecule has 120 valence electrons. The molecule has 5 nitrogen and oxygen atoms in total. The molecule has 2 aromatic carbocycles. The molecular weight excluding hydrogens is 292 g/mol. The van der Waals surface area contributed by atoms with Crippen molar-refractivity contribution in [3.8, 4) is 11.5 Å². The van der Waals surface area contributed by atoms with E-state index in [1.54, 1.807) is 24.3 Å². The Hall–Kier alpha value is -2.82. The van der Waals surface area contributed by atoms with Crippen molar-refractivity contribution in [2.45, 2.75) is 26.9 Å². The van der Waals surface area contributed by atoms with Crippen LogP contribution in [0.5, 0.6) is 11.5 Å².